The van der Waals surface area contributed by atoms with E-state index in [1.165, 1.54) is 11.4 Å². The predicted octanol–water partition coefficient (Wildman–Crippen LogP) is 6.44. The van der Waals surface area contributed by atoms with Gasteiger partial charge in [0.05, 0.1) is 13.1 Å². The minimum Gasteiger partial charge on any atom is -2.00 e. The first kappa shape index (κ1) is 38.0. The number of likely N-dealkylation sites (tertiary alicyclic amines) is 2. The lowest BCUT2D eigenvalue weighted by Crippen LogP contribution is -2.39. The molecule has 2 saturated heterocycles. The van der Waals surface area contributed by atoms with Crippen LogP contribution >= 0.6 is 23.2 Å². The first-order chi connectivity index (χ1) is 23.3. The monoisotopic (exact) mass is 704 g/mol. The zero-order chi connectivity index (χ0) is 33.9. The molecule has 2 aliphatic heterocycles. The summed E-state index contributed by atoms with van der Waals surface area (Å²) in [6.07, 6.45) is 8.24. The van der Waals surface area contributed by atoms with Crippen LogP contribution in [0.15, 0.2) is 85.2 Å². The number of hydrogen-bond donors (Lipinski definition) is 2. The van der Waals surface area contributed by atoms with Gasteiger partial charge in [-0.25, -0.2) is 9.97 Å². The average molecular weight is 706 g/mol. The van der Waals surface area contributed by atoms with Crippen molar-refractivity contribution in [3.8, 4) is 0 Å². The molecule has 11 heteroatoms. The third kappa shape index (κ3) is 11.1. The van der Waals surface area contributed by atoms with Gasteiger partial charge in [0, 0.05) is 57.5 Å². The van der Waals surface area contributed by atoms with Crippen molar-refractivity contribution in [2.24, 2.45) is 0 Å². The van der Waals surface area contributed by atoms with Crippen LogP contribution in [0.1, 0.15) is 60.0 Å². The molecule has 0 radical (unpaired) electrons. The number of amides is 2. The van der Waals surface area contributed by atoms with Crippen molar-refractivity contribution >= 4 is 46.4 Å². The molecule has 4 heterocycles. The summed E-state index contributed by atoms with van der Waals surface area (Å²) >= 11 is 12.2. The Morgan fingerprint density at radius 3 is 1.37 bits per heavy atom. The summed E-state index contributed by atoms with van der Waals surface area (Å²) in [5, 5.41) is 7.29. The van der Waals surface area contributed by atoms with E-state index in [0.717, 1.165) is 74.4 Å². The molecule has 6 rings (SSSR count). The first-order valence-corrected chi connectivity index (χ1v) is 17.5. The number of aromatic amines is 2. The number of carbonyl (C=O) groups excluding carboxylic acids is 2. The van der Waals surface area contributed by atoms with Gasteiger partial charge in [-0.05, 0) is 101 Å². The lowest BCUT2D eigenvalue weighted by molar-refractivity contribution is -0.394. The van der Waals surface area contributed by atoms with Gasteiger partial charge in [-0.1, -0.05) is 47.5 Å². The second kappa shape index (κ2) is 18.8. The molecule has 2 aromatic carbocycles. The Bertz CT molecular complexity index is 1520. The standard InChI is InChI=1S/2C19H22ClN3O.O/c2*1-14-16(20)5-4-7-17(14)22-19(24)13-23-11-8-15(9-12-23)18-6-2-3-10-21-18;/h2*2-7,10,15H,8-9,11-13H2,1H3,(H,22,24);/q;;-2/p+2. The van der Waals surface area contributed by atoms with Crippen LogP contribution in [0, 0.1) is 13.8 Å². The van der Waals surface area contributed by atoms with Crippen molar-refractivity contribution in [2.45, 2.75) is 51.4 Å². The number of aromatic nitrogens is 2. The number of H-pyrrole nitrogens is 2. The van der Waals surface area contributed by atoms with Crippen LogP contribution in [0.2, 0.25) is 10.0 Å². The zero-order valence-corrected chi connectivity index (χ0v) is 29.7. The van der Waals surface area contributed by atoms with Gasteiger partial charge in [-0.3, -0.25) is 19.4 Å². The van der Waals surface area contributed by atoms with Gasteiger partial charge >= 0.3 is 0 Å². The van der Waals surface area contributed by atoms with Crippen molar-refractivity contribution in [3.63, 3.8) is 0 Å². The molecule has 260 valence electrons. The van der Waals surface area contributed by atoms with E-state index in [0.29, 0.717) is 35.0 Å². The number of piperidine rings is 2. The van der Waals surface area contributed by atoms with E-state index < -0.39 is 0 Å². The summed E-state index contributed by atoms with van der Waals surface area (Å²) in [6, 6.07) is 23.6. The fourth-order valence-electron chi connectivity index (χ4n) is 6.40. The van der Waals surface area contributed by atoms with Crippen molar-refractivity contribution in [3.05, 3.63) is 118 Å². The smallest absolute Gasteiger partial charge is 0.238 e. The summed E-state index contributed by atoms with van der Waals surface area (Å²) in [5.41, 5.74) is 5.98. The molecule has 49 heavy (non-hydrogen) atoms. The molecule has 4 N–H and O–H groups in total. The topological polar surface area (TPSA) is 121 Å². The second-order valence-electron chi connectivity index (χ2n) is 12.7. The van der Waals surface area contributed by atoms with E-state index in [9.17, 15) is 9.59 Å². The normalized spacial score (nSPS) is 15.8. The molecule has 0 bridgehead atoms. The van der Waals surface area contributed by atoms with Crippen molar-refractivity contribution in [2.75, 3.05) is 49.9 Å². The molecule has 2 aliphatic rings. The Balaban J connectivity index is 0.000000216. The second-order valence-corrected chi connectivity index (χ2v) is 13.5. The SMILES string of the molecule is Cc1c(Cl)cccc1NC(=O)CN1CCC(c2cccc[nH+]2)CC1.Cc1c(Cl)cccc1NC(=O)CN1CCC(c2cccc[nH+]2)CC1.[O-2]. The Morgan fingerprint density at radius 2 is 1.02 bits per heavy atom. The molecular weight excluding hydrogens is 659 g/mol. The number of anilines is 2. The Kier molecular flexibility index (Phi) is 14.5. The van der Waals surface area contributed by atoms with Crippen molar-refractivity contribution in [1.29, 1.82) is 0 Å². The number of carbonyl (C=O) groups is 2. The molecule has 0 aliphatic carbocycles. The van der Waals surface area contributed by atoms with Gasteiger partial charge in [-0.15, -0.1) is 0 Å². The summed E-state index contributed by atoms with van der Waals surface area (Å²) < 4.78 is 0. The van der Waals surface area contributed by atoms with E-state index >= 15 is 0 Å². The first-order valence-electron chi connectivity index (χ1n) is 16.7. The number of benzene rings is 2. The van der Waals surface area contributed by atoms with E-state index in [1.54, 1.807) is 0 Å². The van der Waals surface area contributed by atoms with Gasteiger partial charge < -0.3 is 16.1 Å². The molecule has 2 aromatic heterocycles. The van der Waals surface area contributed by atoms with Gasteiger partial charge in [0.25, 0.3) is 0 Å². The number of hydrogen-bond acceptors (Lipinski definition) is 4. The fraction of sp³-hybridized carbons (Fsp3) is 0.368. The van der Waals surface area contributed by atoms with Crippen LogP contribution in [-0.4, -0.2) is 60.9 Å². The van der Waals surface area contributed by atoms with Crippen LogP contribution < -0.4 is 20.6 Å². The average Bonchev–Trinajstić information content (AvgIpc) is 3.10. The maximum atomic E-state index is 12.3. The lowest BCUT2D eigenvalue weighted by Gasteiger charge is -2.29. The van der Waals surface area contributed by atoms with E-state index in [-0.39, 0.29) is 17.3 Å². The predicted molar refractivity (Wildman–Crippen MR) is 193 cm³/mol. The van der Waals surface area contributed by atoms with Gasteiger partial charge in [0.2, 0.25) is 11.8 Å². The third-order valence-corrected chi connectivity index (χ3v) is 10.2. The minimum atomic E-state index is 0. The number of rotatable bonds is 8. The molecule has 0 atom stereocenters. The van der Waals surface area contributed by atoms with E-state index in [4.69, 9.17) is 23.2 Å². The molecule has 0 unspecified atom stereocenters. The molecule has 0 spiro atoms. The lowest BCUT2D eigenvalue weighted by atomic mass is 9.93. The van der Waals surface area contributed by atoms with Crippen molar-refractivity contribution < 1.29 is 25.0 Å². The molecular formula is C38H46Cl2N6O3. The van der Waals surface area contributed by atoms with Crippen molar-refractivity contribution in [1.82, 2.24) is 9.80 Å². The highest BCUT2D eigenvalue weighted by Gasteiger charge is 2.26. The van der Waals surface area contributed by atoms with Crippen LogP contribution in [0.25, 0.3) is 0 Å². The van der Waals surface area contributed by atoms with E-state index in [1.807, 2.05) is 74.8 Å². The molecule has 2 fully saturated rings. The highest BCUT2D eigenvalue weighted by atomic mass is 35.5. The quantitative estimate of drug-likeness (QED) is 0.219. The Hall–Kier alpha value is -3.86. The summed E-state index contributed by atoms with van der Waals surface area (Å²) in [5.74, 6) is 1.15. The Morgan fingerprint density at radius 1 is 0.633 bits per heavy atom. The maximum Gasteiger partial charge on any atom is 0.238 e. The van der Waals surface area contributed by atoms with Gasteiger partial charge in [0.15, 0.2) is 23.8 Å². The molecule has 0 saturated carbocycles. The van der Waals surface area contributed by atoms with E-state index in [2.05, 4.69) is 54.7 Å². The minimum absolute atomic E-state index is 0. The summed E-state index contributed by atoms with van der Waals surface area (Å²) in [4.78, 5) is 35.7. The number of nitrogens with one attached hydrogen (secondary N) is 4. The number of halogens is 2. The number of pyridine rings is 2. The zero-order valence-electron chi connectivity index (χ0n) is 28.2. The molecule has 9 nitrogen and oxygen atoms in total. The largest absolute Gasteiger partial charge is 2.00 e. The summed E-state index contributed by atoms with van der Waals surface area (Å²) in [6.45, 7) is 8.45. The van der Waals surface area contributed by atoms with Crippen LogP contribution in [-0.2, 0) is 15.1 Å². The number of nitrogens with zero attached hydrogens (tertiary/aromatic N) is 2. The summed E-state index contributed by atoms with van der Waals surface area (Å²) in [7, 11) is 0. The van der Waals surface area contributed by atoms with Crippen LogP contribution in [0.5, 0.6) is 0 Å². The van der Waals surface area contributed by atoms with Gasteiger partial charge in [-0.2, -0.15) is 0 Å². The fourth-order valence-corrected chi connectivity index (χ4v) is 6.75. The third-order valence-electron chi connectivity index (χ3n) is 9.34. The van der Waals surface area contributed by atoms with Crippen LogP contribution in [0.4, 0.5) is 11.4 Å². The van der Waals surface area contributed by atoms with Crippen LogP contribution in [0.3, 0.4) is 0 Å². The maximum absolute atomic E-state index is 12.3. The Labute approximate surface area is 299 Å². The van der Waals surface area contributed by atoms with Gasteiger partial charge in [0.1, 0.15) is 0 Å². The highest BCUT2D eigenvalue weighted by molar-refractivity contribution is 6.32. The molecule has 2 amide bonds. The molecule has 4 aromatic rings. The highest BCUT2D eigenvalue weighted by Crippen LogP contribution is 2.27.